The Bertz CT molecular complexity index is 2440. The second-order valence-electron chi connectivity index (χ2n) is 22.5. The monoisotopic (exact) mass is 1190 g/mol. The van der Waals surface area contributed by atoms with Gasteiger partial charge in [-0.05, 0) is 25.7 Å². The number of primary amides is 2. The summed E-state index contributed by atoms with van der Waals surface area (Å²) in [5.41, 5.74) is 8.15. The minimum atomic E-state index is -2.51. The summed E-state index contributed by atoms with van der Waals surface area (Å²) >= 11 is 0. The van der Waals surface area contributed by atoms with Crippen molar-refractivity contribution in [1.29, 1.82) is 0 Å². The Morgan fingerprint density at radius 2 is 1.13 bits per heavy atom. The van der Waals surface area contributed by atoms with Crippen molar-refractivity contribution in [3.63, 3.8) is 0 Å². The van der Waals surface area contributed by atoms with Crippen LogP contribution in [0.3, 0.4) is 0 Å². The number of hydrogen-bond acceptors (Lipinski definition) is 25. The molecule has 83 heavy (non-hydrogen) atoms. The lowest BCUT2D eigenvalue weighted by atomic mass is 9.82. The van der Waals surface area contributed by atoms with E-state index in [4.69, 9.17) is 73.0 Å². The van der Waals surface area contributed by atoms with E-state index >= 15 is 0 Å². The summed E-state index contributed by atoms with van der Waals surface area (Å²) in [6, 6.07) is -2.43. The van der Waals surface area contributed by atoms with Crippen LogP contribution in [0.15, 0.2) is 11.5 Å². The van der Waals surface area contributed by atoms with Crippen molar-refractivity contribution in [2.24, 2.45) is 47.0 Å². The summed E-state index contributed by atoms with van der Waals surface area (Å²) in [6.45, 7) is 18.2. The molecule has 5 amide bonds. The third-order valence-electron chi connectivity index (χ3n) is 16.3. The maximum Gasteiger partial charge on any atom is 0.404 e. The lowest BCUT2D eigenvalue weighted by molar-refractivity contribution is -0.369. The Morgan fingerprint density at radius 1 is 0.602 bits per heavy atom. The highest BCUT2D eigenvalue weighted by atomic mass is 16.8. The first kappa shape index (κ1) is 66.5. The second-order valence-corrected chi connectivity index (χ2v) is 22.5. The molecular weight excluding hydrogens is 1110 g/mol. The number of ketones is 1. The minimum Gasteiger partial charge on any atom is -0.510 e. The normalized spacial score (nSPS) is 41.0. The number of aliphatic hydroxyl groups excluding tert-OH is 2. The molecule has 5 fully saturated rings. The second kappa shape index (κ2) is 27.6. The highest BCUT2D eigenvalue weighted by Gasteiger charge is 2.60. The number of rotatable bonds is 19. The van der Waals surface area contributed by atoms with E-state index in [1.165, 1.54) is 34.6 Å². The molecule has 30 nitrogen and oxygen atoms in total. The maximum absolute atomic E-state index is 13.8. The van der Waals surface area contributed by atoms with Crippen LogP contribution in [0.2, 0.25) is 0 Å². The van der Waals surface area contributed by atoms with Crippen LogP contribution in [0.1, 0.15) is 103 Å². The molecule has 5 saturated heterocycles. The van der Waals surface area contributed by atoms with Crippen molar-refractivity contribution in [2.45, 2.75) is 219 Å². The van der Waals surface area contributed by atoms with Gasteiger partial charge in [0.1, 0.15) is 35.9 Å². The highest BCUT2D eigenvalue weighted by molar-refractivity contribution is 6.02. The molecule has 0 radical (unpaired) electrons. The van der Waals surface area contributed by atoms with Crippen LogP contribution in [0, 0.1) is 35.5 Å². The van der Waals surface area contributed by atoms with Gasteiger partial charge in [0.25, 0.3) is 5.91 Å². The Labute approximate surface area is 479 Å². The predicted octanol–water partition coefficient (Wildman–Crippen LogP) is -1.00. The van der Waals surface area contributed by atoms with E-state index in [2.05, 4.69) is 16.0 Å². The summed E-state index contributed by atoms with van der Waals surface area (Å²) in [7, 11) is 0. The van der Waals surface area contributed by atoms with Gasteiger partial charge in [-0.3, -0.25) is 38.4 Å². The number of nitrogens with two attached hydrogens (primary N) is 2. The summed E-state index contributed by atoms with van der Waals surface area (Å²) in [5.74, 6) is -9.78. The van der Waals surface area contributed by atoms with E-state index in [0.717, 1.165) is 6.92 Å². The number of hydrogen-bond donors (Lipinski definition) is 8. The van der Waals surface area contributed by atoms with Gasteiger partial charge in [-0.15, -0.1) is 0 Å². The van der Waals surface area contributed by atoms with Crippen LogP contribution >= 0.6 is 0 Å². The molecule has 0 bridgehead atoms. The van der Waals surface area contributed by atoms with Crippen molar-refractivity contribution in [1.82, 2.24) is 16.0 Å². The van der Waals surface area contributed by atoms with Gasteiger partial charge in [0.15, 0.2) is 67.8 Å². The third kappa shape index (κ3) is 15.4. The van der Waals surface area contributed by atoms with Crippen LogP contribution in [-0.2, 0) is 99.9 Å². The number of ether oxygens (including phenoxy) is 13. The molecule has 0 aromatic carbocycles. The van der Waals surface area contributed by atoms with E-state index in [9.17, 15) is 58.5 Å². The van der Waals surface area contributed by atoms with E-state index in [1.807, 2.05) is 6.92 Å². The molecular formula is C53H81N5O25. The van der Waals surface area contributed by atoms with Gasteiger partial charge in [-0.1, -0.05) is 41.5 Å². The first-order chi connectivity index (χ1) is 38.7. The topological polar surface area (TPSA) is 422 Å². The van der Waals surface area contributed by atoms with E-state index in [1.54, 1.807) is 41.5 Å². The van der Waals surface area contributed by atoms with Gasteiger partial charge in [0.05, 0.1) is 43.1 Å². The van der Waals surface area contributed by atoms with Crippen molar-refractivity contribution in [3.05, 3.63) is 11.5 Å². The lowest BCUT2D eigenvalue weighted by Gasteiger charge is -2.52. The number of esters is 3. The van der Waals surface area contributed by atoms with Crippen LogP contribution in [0.25, 0.3) is 0 Å². The molecule has 10 N–H and O–H groups in total. The van der Waals surface area contributed by atoms with Crippen LogP contribution in [0.5, 0.6) is 0 Å². The van der Waals surface area contributed by atoms with E-state index in [-0.39, 0.29) is 36.8 Å². The third-order valence-corrected chi connectivity index (χ3v) is 16.3. The Kier molecular flexibility index (Phi) is 22.1. The molecule has 6 rings (SSSR count). The van der Waals surface area contributed by atoms with Crippen molar-refractivity contribution >= 4 is 53.4 Å². The van der Waals surface area contributed by atoms with Crippen molar-refractivity contribution < 1.29 is 120 Å². The average molecular weight is 1190 g/mol. The molecule has 1 aliphatic carbocycles. The number of amides is 5. The van der Waals surface area contributed by atoms with Gasteiger partial charge >= 0.3 is 24.0 Å². The maximum atomic E-state index is 13.8. The van der Waals surface area contributed by atoms with Crippen LogP contribution in [0.4, 0.5) is 4.79 Å². The zero-order valence-corrected chi connectivity index (χ0v) is 48.7. The fraction of sp³-hybridized carbons (Fsp3) is 0.792. The summed E-state index contributed by atoms with van der Waals surface area (Å²) in [4.78, 5) is 115. The number of Topliss-reactive ketones (excluding diaryl/α,β-unsaturated/α-hetero) is 1. The first-order valence-corrected chi connectivity index (χ1v) is 27.5. The number of carbonyl (C=O) groups excluding carboxylic acids is 9. The average Bonchev–Trinajstić information content (AvgIpc) is 3.76. The summed E-state index contributed by atoms with van der Waals surface area (Å²) < 4.78 is 79.7. The zero-order chi connectivity index (χ0) is 61.8. The first-order valence-electron chi connectivity index (χ1n) is 27.5. The lowest BCUT2D eigenvalue weighted by Crippen LogP contribution is -2.71. The SMILES string of the molecule is CC(=O)NC1[C@H](O[C@@H]2C(CO[C@@H]3OC(COC(C)=O)[C@@H](C)[C@H](C)C3OC(C)=O)O[C@@H](OC3C(O)OC(C(N)=O)[C@@](C)(O)[C@@H]3OC(N)=O)C(NC(C)=O)[C@H]2C)OC(C)[C@@H](O[C@@H]2OC(C(=O)NC3=C(O)CCC3=O)[C@H](C)[C@H](C)C2OC(C)=O)[C@@H]1C. The molecule has 0 aromatic rings. The van der Waals surface area contributed by atoms with Crippen molar-refractivity contribution in [2.75, 3.05) is 13.2 Å². The fourth-order valence-electron chi connectivity index (χ4n) is 11.6. The van der Waals surface area contributed by atoms with Crippen LogP contribution < -0.4 is 27.4 Å². The van der Waals surface area contributed by atoms with Gasteiger partial charge in [-0.2, -0.15) is 0 Å². The molecule has 11 unspecified atom stereocenters. The molecule has 6 aliphatic rings. The fourth-order valence-corrected chi connectivity index (χ4v) is 11.6. The number of allylic oxidation sites excluding steroid dienone is 2. The Hall–Kier alpha value is -5.67. The van der Waals surface area contributed by atoms with E-state index < -0.39 is 206 Å². The van der Waals surface area contributed by atoms with Gasteiger partial charge < -0.3 is 104 Å². The predicted molar refractivity (Wildman–Crippen MR) is 276 cm³/mol. The summed E-state index contributed by atoms with van der Waals surface area (Å²) in [6.07, 6.45) is -24.4. The molecule has 0 aromatic heterocycles. The van der Waals surface area contributed by atoms with Gasteiger partial charge in [0.2, 0.25) is 17.7 Å². The van der Waals surface area contributed by atoms with Gasteiger partial charge in [0, 0.05) is 71.1 Å². The zero-order valence-electron chi connectivity index (χ0n) is 48.7. The molecule has 5 heterocycles. The highest BCUT2D eigenvalue weighted by Crippen LogP contribution is 2.42. The largest absolute Gasteiger partial charge is 0.510 e. The molecule has 468 valence electrons. The molecule has 0 saturated carbocycles. The molecule has 0 spiro atoms. The number of aliphatic hydroxyl groups is 3. The van der Waals surface area contributed by atoms with Gasteiger partial charge in [-0.25, -0.2) is 4.79 Å². The van der Waals surface area contributed by atoms with Crippen LogP contribution in [-0.4, -0.2) is 198 Å². The standard InChI is InChI=1S/C53H81N5O25/c1-18-19(2)40(74-28(11)62)50(76-32(18)16-71-27(10)61)72-17-33-38(23(6)35(57-26(9)60)49(77-33)81-42-43(83-52(55)69)53(13,70)44(45(54)66)82-47(42)68)79-48-34(56-25(8)59)22(5)37(24(7)73-48)78-51-41(75-29(12)63)21(4)20(3)39(80-51)46(67)58-36-30(64)14-15-31(36)65/h18-24,32-35,37-44,47-51,64,68,70H,14-17H2,1-13H3,(H2,54,66)(H2,55,69)(H,56,59)(H,57,60)(H,58,67)/t18-,19-,20+,21-,22+,23+,24?,32?,33?,34?,35?,37-,38-,39?,40?,41?,42?,43+,44?,47?,48-,49-,50+,51+,53-/m0/s1. The van der Waals surface area contributed by atoms with Crippen molar-refractivity contribution in [3.8, 4) is 0 Å². The molecule has 5 aliphatic heterocycles. The Balaban J connectivity index is 1.37. The van der Waals surface area contributed by atoms with E-state index in [0.29, 0.717) is 0 Å². The number of nitrogens with one attached hydrogen (secondary N) is 3. The molecule has 30 heteroatoms. The smallest absolute Gasteiger partial charge is 0.404 e. The number of carbonyl (C=O) groups is 9. The molecule has 25 atom stereocenters. The quantitative estimate of drug-likeness (QED) is 0.0568. The minimum absolute atomic E-state index is 0.00113. The summed E-state index contributed by atoms with van der Waals surface area (Å²) in [5, 5.41) is 41.5. The Morgan fingerprint density at radius 3 is 1.66 bits per heavy atom.